The van der Waals surface area contributed by atoms with Crippen molar-refractivity contribution in [2.75, 3.05) is 0 Å². The first-order chi connectivity index (χ1) is 7.68. The van der Waals surface area contributed by atoms with E-state index < -0.39 is 5.97 Å². The monoisotopic (exact) mass is 238 g/mol. The van der Waals surface area contributed by atoms with Crippen molar-refractivity contribution >= 4 is 27.5 Å². The van der Waals surface area contributed by atoms with Crippen LogP contribution in [0.4, 0.5) is 0 Å². The molecule has 2 aromatic heterocycles. The number of hydrogen-bond acceptors (Lipinski definition) is 4. The molecule has 84 valence electrons. The summed E-state index contributed by atoms with van der Waals surface area (Å²) in [6.07, 6.45) is 1.98. The second kappa shape index (κ2) is 4.44. The molecule has 0 aliphatic carbocycles. The maximum Gasteiger partial charge on any atom is 0.303 e. The first kappa shape index (κ1) is 10.8. The molecular weight excluding hydrogens is 228 g/mol. The Bertz CT molecular complexity index is 573. The van der Waals surface area contributed by atoms with E-state index in [-0.39, 0.29) is 12.0 Å². The average Bonchev–Trinajstić information content (AvgIpc) is 2.69. The molecular formula is C10H10N2O3S. The van der Waals surface area contributed by atoms with E-state index >= 15 is 0 Å². The number of rotatable bonds is 4. The predicted octanol–water partition coefficient (Wildman–Crippen LogP) is 1.32. The zero-order chi connectivity index (χ0) is 11.5. The van der Waals surface area contributed by atoms with Crippen molar-refractivity contribution in [3.63, 3.8) is 0 Å². The fourth-order valence-corrected chi connectivity index (χ4v) is 2.18. The fraction of sp³-hybridized carbons (Fsp3) is 0.300. The van der Waals surface area contributed by atoms with Crippen molar-refractivity contribution in [2.24, 2.45) is 0 Å². The Morgan fingerprint density at radius 1 is 1.56 bits per heavy atom. The highest BCUT2D eigenvalue weighted by atomic mass is 32.1. The van der Waals surface area contributed by atoms with E-state index in [2.05, 4.69) is 4.98 Å². The van der Waals surface area contributed by atoms with Gasteiger partial charge in [0.15, 0.2) is 0 Å². The highest BCUT2D eigenvalue weighted by Gasteiger charge is 2.05. The topological polar surface area (TPSA) is 72.2 Å². The smallest absolute Gasteiger partial charge is 0.303 e. The van der Waals surface area contributed by atoms with Crippen LogP contribution in [0.15, 0.2) is 22.6 Å². The van der Waals surface area contributed by atoms with E-state index in [1.165, 1.54) is 22.2 Å². The van der Waals surface area contributed by atoms with E-state index in [1.807, 2.05) is 5.38 Å². The van der Waals surface area contributed by atoms with Crippen molar-refractivity contribution in [1.29, 1.82) is 0 Å². The van der Waals surface area contributed by atoms with Gasteiger partial charge in [-0.3, -0.25) is 14.2 Å². The van der Waals surface area contributed by atoms with Gasteiger partial charge in [0.2, 0.25) is 0 Å². The van der Waals surface area contributed by atoms with Crippen LogP contribution in [-0.2, 0) is 11.3 Å². The largest absolute Gasteiger partial charge is 0.481 e. The first-order valence-corrected chi connectivity index (χ1v) is 5.71. The molecule has 0 saturated carbocycles. The number of nitrogens with zero attached hydrogens (tertiary/aromatic N) is 2. The second-order valence-electron chi connectivity index (χ2n) is 3.38. The number of carbonyl (C=O) groups is 1. The standard InChI is InChI=1S/C10H10N2O3S/c13-8(14)2-1-4-12-6-11-9-7(10(12)15)3-5-16-9/h3,5-6H,1-2,4H2,(H,13,14). The third-order valence-electron chi connectivity index (χ3n) is 2.24. The zero-order valence-corrected chi connectivity index (χ0v) is 9.24. The third-order valence-corrected chi connectivity index (χ3v) is 3.06. The molecule has 0 radical (unpaired) electrons. The van der Waals surface area contributed by atoms with E-state index in [0.29, 0.717) is 18.4 Å². The van der Waals surface area contributed by atoms with Crippen molar-refractivity contribution in [1.82, 2.24) is 9.55 Å². The van der Waals surface area contributed by atoms with Gasteiger partial charge in [-0.15, -0.1) is 11.3 Å². The van der Waals surface area contributed by atoms with Gasteiger partial charge in [-0.1, -0.05) is 0 Å². The third kappa shape index (κ3) is 2.11. The summed E-state index contributed by atoms with van der Waals surface area (Å²) in [6, 6.07) is 1.74. The molecule has 2 aromatic rings. The number of carboxylic acid groups (broad SMARTS) is 1. The summed E-state index contributed by atoms with van der Waals surface area (Å²) in [5.74, 6) is -0.849. The van der Waals surface area contributed by atoms with E-state index in [1.54, 1.807) is 6.07 Å². The molecule has 0 aromatic carbocycles. The van der Waals surface area contributed by atoms with E-state index in [0.717, 1.165) is 4.83 Å². The number of aryl methyl sites for hydroxylation is 1. The van der Waals surface area contributed by atoms with Gasteiger partial charge < -0.3 is 5.11 Å². The molecule has 16 heavy (non-hydrogen) atoms. The Kier molecular flexibility index (Phi) is 3.00. The summed E-state index contributed by atoms with van der Waals surface area (Å²) >= 11 is 1.42. The van der Waals surface area contributed by atoms with Crippen molar-refractivity contribution in [3.05, 3.63) is 28.1 Å². The number of aromatic nitrogens is 2. The van der Waals surface area contributed by atoms with Crippen LogP contribution in [0.2, 0.25) is 0 Å². The molecule has 0 aliphatic rings. The molecule has 0 saturated heterocycles. The van der Waals surface area contributed by atoms with Crippen LogP contribution < -0.4 is 5.56 Å². The van der Waals surface area contributed by atoms with Crippen LogP contribution in [0.5, 0.6) is 0 Å². The molecule has 0 atom stereocenters. The average molecular weight is 238 g/mol. The summed E-state index contributed by atoms with van der Waals surface area (Å²) in [5, 5.41) is 10.9. The number of carboxylic acids is 1. The van der Waals surface area contributed by atoms with Gasteiger partial charge in [0.25, 0.3) is 5.56 Å². The summed E-state index contributed by atoms with van der Waals surface area (Å²) < 4.78 is 1.46. The van der Waals surface area contributed by atoms with Gasteiger partial charge in [-0.2, -0.15) is 0 Å². The molecule has 0 aliphatic heterocycles. The Morgan fingerprint density at radius 3 is 3.12 bits per heavy atom. The van der Waals surface area contributed by atoms with Gasteiger partial charge in [0, 0.05) is 13.0 Å². The second-order valence-corrected chi connectivity index (χ2v) is 4.27. The molecule has 5 nitrogen and oxygen atoms in total. The van der Waals surface area contributed by atoms with Crippen molar-refractivity contribution in [2.45, 2.75) is 19.4 Å². The molecule has 1 N–H and O–H groups in total. The summed E-state index contributed by atoms with van der Waals surface area (Å²) in [7, 11) is 0. The summed E-state index contributed by atoms with van der Waals surface area (Å²) in [4.78, 5) is 27.0. The molecule has 2 rings (SSSR count). The van der Waals surface area contributed by atoms with Gasteiger partial charge >= 0.3 is 5.97 Å². The molecule has 0 bridgehead atoms. The van der Waals surface area contributed by atoms with Gasteiger partial charge in [-0.05, 0) is 17.9 Å². The number of thiophene rings is 1. The molecule has 0 spiro atoms. The lowest BCUT2D eigenvalue weighted by Gasteiger charge is -2.03. The summed E-state index contributed by atoms with van der Waals surface area (Å²) in [6.45, 7) is 0.393. The maximum atomic E-state index is 11.8. The maximum absolute atomic E-state index is 11.8. The summed E-state index contributed by atoms with van der Waals surface area (Å²) in [5.41, 5.74) is -0.100. The van der Waals surface area contributed by atoms with Crippen LogP contribution in [0.3, 0.4) is 0 Å². The molecule has 0 amide bonds. The molecule has 6 heteroatoms. The SMILES string of the molecule is O=C(O)CCCn1cnc2sccc2c1=O. The van der Waals surface area contributed by atoms with Crippen LogP contribution in [0, 0.1) is 0 Å². The number of fused-ring (bicyclic) bond motifs is 1. The Morgan fingerprint density at radius 2 is 2.38 bits per heavy atom. The Hall–Kier alpha value is -1.69. The van der Waals surface area contributed by atoms with Crippen LogP contribution in [0.1, 0.15) is 12.8 Å². The van der Waals surface area contributed by atoms with Gasteiger partial charge in [0.1, 0.15) is 4.83 Å². The van der Waals surface area contributed by atoms with Crippen molar-refractivity contribution in [3.8, 4) is 0 Å². The van der Waals surface area contributed by atoms with E-state index in [9.17, 15) is 9.59 Å². The predicted molar refractivity (Wildman–Crippen MR) is 60.7 cm³/mol. The minimum absolute atomic E-state index is 0.0636. The van der Waals surface area contributed by atoms with Gasteiger partial charge in [-0.25, -0.2) is 4.98 Å². The van der Waals surface area contributed by atoms with E-state index in [4.69, 9.17) is 5.11 Å². The Labute approximate surface area is 95.0 Å². The lowest BCUT2D eigenvalue weighted by Crippen LogP contribution is -2.20. The van der Waals surface area contributed by atoms with Crippen molar-refractivity contribution < 1.29 is 9.90 Å². The molecule has 0 fully saturated rings. The van der Waals surface area contributed by atoms with Gasteiger partial charge in [0.05, 0.1) is 11.7 Å². The minimum Gasteiger partial charge on any atom is -0.481 e. The van der Waals surface area contributed by atoms with Crippen LogP contribution in [-0.4, -0.2) is 20.6 Å². The van der Waals surface area contributed by atoms with Crippen LogP contribution in [0.25, 0.3) is 10.2 Å². The normalized spacial score (nSPS) is 10.8. The highest BCUT2D eigenvalue weighted by molar-refractivity contribution is 7.16. The first-order valence-electron chi connectivity index (χ1n) is 4.83. The molecule has 2 heterocycles. The zero-order valence-electron chi connectivity index (χ0n) is 8.42. The highest BCUT2D eigenvalue weighted by Crippen LogP contribution is 2.13. The minimum atomic E-state index is -0.849. The van der Waals surface area contributed by atoms with Crippen LogP contribution >= 0.6 is 11.3 Å². The Balaban J connectivity index is 2.21. The number of aliphatic carboxylic acids is 1. The lowest BCUT2D eigenvalue weighted by molar-refractivity contribution is -0.137. The lowest BCUT2D eigenvalue weighted by atomic mass is 10.3. The fourth-order valence-electron chi connectivity index (χ4n) is 1.45. The number of hydrogen-bond donors (Lipinski definition) is 1. The molecule has 0 unspecified atom stereocenters. The quantitative estimate of drug-likeness (QED) is 0.872.